The fourth-order valence-corrected chi connectivity index (χ4v) is 1.97. The van der Waals surface area contributed by atoms with E-state index in [0.717, 1.165) is 38.3 Å². The van der Waals surface area contributed by atoms with Gasteiger partial charge in [-0.3, -0.25) is 0 Å². The van der Waals surface area contributed by atoms with Crippen molar-refractivity contribution in [2.45, 2.75) is 32.5 Å². The first-order valence-electron chi connectivity index (χ1n) is 7.93. The number of carbonyl (C=O) groups excluding carboxylic acids is 1. The van der Waals surface area contributed by atoms with Gasteiger partial charge < -0.3 is 19.7 Å². The number of amides is 1. The highest BCUT2D eigenvalue weighted by molar-refractivity contribution is 5.68. The third kappa shape index (κ3) is 8.11. The molecule has 1 heterocycles. The van der Waals surface area contributed by atoms with E-state index in [2.05, 4.69) is 10.1 Å². The van der Waals surface area contributed by atoms with Crippen LogP contribution in [0.3, 0.4) is 0 Å². The lowest BCUT2D eigenvalue weighted by atomic mass is 10.2. The number of benzene rings is 1. The summed E-state index contributed by atoms with van der Waals surface area (Å²) in [5.41, 5.74) is -1.08. The van der Waals surface area contributed by atoms with E-state index in [1.807, 2.05) is 20.8 Å². The first-order chi connectivity index (χ1) is 11.5. The molecule has 5 nitrogen and oxygen atoms in total. The van der Waals surface area contributed by atoms with Crippen LogP contribution in [0.5, 0.6) is 5.75 Å². The van der Waals surface area contributed by atoms with Crippen LogP contribution in [-0.4, -0.2) is 49.9 Å². The van der Waals surface area contributed by atoms with E-state index in [4.69, 9.17) is 4.74 Å². The van der Waals surface area contributed by atoms with Crippen LogP contribution < -0.4 is 10.1 Å². The number of methoxy groups -OCH3 is 1. The molecular weight excluding hydrogens is 337 g/mol. The highest BCUT2D eigenvalue weighted by Crippen LogP contribution is 2.30. The van der Waals surface area contributed by atoms with Crippen molar-refractivity contribution in [1.29, 1.82) is 0 Å². The number of alkyl halides is 3. The SMILES string of the molecule is CC(C)(C)OC(=O)N1CCNCC1.COc1cccc(C(F)(F)F)c1. The zero-order chi connectivity index (χ0) is 19.1. The summed E-state index contributed by atoms with van der Waals surface area (Å²) >= 11 is 0. The Kier molecular flexibility index (Phi) is 7.54. The average molecular weight is 362 g/mol. The molecule has 1 aliphatic rings. The minimum absolute atomic E-state index is 0.200. The fourth-order valence-electron chi connectivity index (χ4n) is 1.97. The molecule has 0 saturated carbocycles. The van der Waals surface area contributed by atoms with E-state index in [9.17, 15) is 18.0 Å². The maximum Gasteiger partial charge on any atom is 0.416 e. The second kappa shape index (κ2) is 8.94. The topological polar surface area (TPSA) is 50.8 Å². The molecule has 0 radical (unpaired) electrons. The van der Waals surface area contributed by atoms with Gasteiger partial charge in [-0.15, -0.1) is 0 Å². The van der Waals surface area contributed by atoms with E-state index in [1.54, 1.807) is 4.90 Å². The van der Waals surface area contributed by atoms with E-state index in [1.165, 1.54) is 19.2 Å². The van der Waals surface area contributed by atoms with Crippen molar-refractivity contribution in [2.24, 2.45) is 0 Å². The van der Waals surface area contributed by atoms with Crippen LogP contribution in [0.25, 0.3) is 0 Å². The summed E-state index contributed by atoms with van der Waals surface area (Å²) in [6.45, 7) is 8.86. The first-order valence-corrected chi connectivity index (χ1v) is 7.93. The highest BCUT2D eigenvalue weighted by Gasteiger charge is 2.30. The number of hydrogen-bond donors (Lipinski definition) is 1. The van der Waals surface area contributed by atoms with Crippen LogP contribution in [-0.2, 0) is 10.9 Å². The minimum Gasteiger partial charge on any atom is -0.497 e. The fraction of sp³-hybridized carbons (Fsp3) is 0.588. The number of ether oxygens (including phenoxy) is 2. The van der Waals surface area contributed by atoms with Crippen molar-refractivity contribution in [3.8, 4) is 5.75 Å². The van der Waals surface area contributed by atoms with Crippen LogP contribution in [0, 0.1) is 0 Å². The molecule has 1 aromatic rings. The Labute approximate surface area is 146 Å². The summed E-state index contributed by atoms with van der Waals surface area (Å²) in [4.78, 5) is 13.2. The molecule has 0 bridgehead atoms. The van der Waals surface area contributed by atoms with Crippen molar-refractivity contribution in [1.82, 2.24) is 10.2 Å². The first kappa shape index (κ1) is 21.1. The molecule has 0 unspecified atom stereocenters. The Balaban J connectivity index is 0.000000251. The molecule has 8 heteroatoms. The number of rotatable bonds is 1. The standard InChI is InChI=1S/C9H18N2O2.C8H7F3O/c1-9(2,3)13-8(12)11-6-4-10-5-7-11;1-12-7-4-2-3-6(5-7)8(9,10)11/h10H,4-7H2,1-3H3;2-5H,1H3. The van der Waals surface area contributed by atoms with E-state index in [-0.39, 0.29) is 17.4 Å². The van der Waals surface area contributed by atoms with Gasteiger partial charge in [0.25, 0.3) is 0 Å². The molecule has 1 aromatic carbocycles. The predicted molar refractivity (Wildman–Crippen MR) is 88.7 cm³/mol. The maximum atomic E-state index is 12.0. The number of nitrogens with zero attached hydrogens (tertiary/aromatic N) is 1. The van der Waals surface area contributed by atoms with Crippen molar-refractivity contribution >= 4 is 6.09 Å². The van der Waals surface area contributed by atoms with Gasteiger partial charge in [-0.1, -0.05) is 6.07 Å². The van der Waals surface area contributed by atoms with Crippen LogP contribution in [0.15, 0.2) is 24.3 Å². The summed E-state index contributed by atoms with van der Waals surface area (Å²) < 4.78 is 46.0. The molecule has 1 fully saturated rings. The zero-order valence-corrected chi connectivity index (χ0v) is 14.9. The van der Waals surface area contributed by atoms with E-state index < -0.39 is 11.7 Å². The molecule has 0 atom stereocenters. The Morgan fingerprint density at radius 1 is 1.16 bits per heavy atom. The molecule has 0 aromatic heterocycles. The second-order valence-electron chi connectivity index (χ2n) is 6.45. The highest BCUT2D eigenvalue weighted by atomic mass is 19.4. The number of halogens is 3. The third-order valence-corrected chi connectivity index (χ3v) is 3.17. The Bertz CT molecular complexity index is 551. The summed E-state index contributed by atoms with van der Waals surface area (Å²) in [5, 5.41) is 3.18. The summed E-state index contributed by atoms with van der Waals surface area (Å²) in [6.07, 6.45) is -4.50. The molecule has 25 heavy (non-hydrogen) atoms. The zero-order valence-electron chi connectivity index (χ0n) is 14.9. The minimum atomic E-state index is -4.30. The number of piperazine rings is 1. The Morgan fingerprint density at radius 2 is 1.76 bits per heavy atom. The largest absolute Gasteiger partial charge is 0.497 e. The number of nitrogens with one attached hydrogen (secondary N) is 1. The number of carbonyl (C=O) groups is 1. The van der Waals surface area contributed by atoms with Gasteiger partial charge >= 0.3 is 12.3 Å². The maximum absolute atomic E-state index is 12.0. The molecule has 2 rings (SSSR count). The third-order valence-electron chi connectivity index (χ3n) is 3.17. The molecule has 142 valence electrons. The molecular formula is C17H25F3N2O3. The summed E-state index contributed by atoms with van der Waals surface area (Å²) in [6, 6.07) is 4.74. The van der Waals surface area contributed by atoms with Crippen LogP contribution in [0.2, 0.25) is 0 Å². The van der Waals surface area contributed by atoms with Crippen molar-refractivity contribution in [3.63, 3.8) is 0 Å². The smallest absolute Gasteiger partial charge is 0.416 e. The molecule has 1 saturated heterocycles. The second-order valence-corrected chi connectivity index (χ2v) is 6.45. The van der Waals surface area contributed by atoms with Crippen LogP contribution in [0.4, 0.5) is 18.0 Å². The van der Waals surface area contributed by atoms with Crippen molar-refractivity contribution in [2.75, 3.05) is 33.3 Å². The lowest BCUT2D eigenvalue weighted by molar-refractivity contribution is -0.137. The van der Waals surface area contributed by atoms with Crippen molar-refractivity contribution < 1.29 is 27.4 Å². The van der Waals surface area contributed by atoms with E-state index in [0.29, 0.717) is 0 Å². The summed E-state index contributed by atoms with van der Waals surface area (Å²) in [5.74, 6) is 0.213. The van der Waals surface area contributed by atoms with Gasteiger partial charge in [0.2, 0.25) is 0 Å². The Hall–Kier alpha value is -1.96. The molecule has 1 N–H and O–H groups in total. The lowest BCUT2D eigenvalue weighted by Gasteiger charge is -2.30. The van der Waals surface area contributed by atoms with Gasteiger partial charge in [-0.25, -0.2) is 4.79 Å². The van der Waals surface area contributed by atoms with E-state index >= 15 is 0 Å². The monoisotopic (exact) mass is 362 g/mol. The summed E-state index contributed by atoms with van der Waals surface area (Å²) in [7, 11) is 1.33. The van der Waals surface area contributed by atoms with Gasteiger partial charge in [-0.05, 0) is 39.0 Å². The predicted octanol–water partition coefficient (Wildman–Crippen LogP) is 3.54. The van der Waals surface area contributed by atoms with Gasteiger partial charge in [-0.2, -0.15) is 13.2 Å². The van der Waals surface area contributed by atoms with Crippen molar-refractivity contribution in [3.05, 3.63) is 29.8 Å². The number of hydrogen-bond acceptors (Lipinski definition) is 4. The normalized spacial score (nSPS) is 15.1. The lowest BCUT2D eigenvalue weighted by Crippen LogP contribution is -2.48. The average Bonchev–Trinajstić information content (AvgIpc) is 2.54. The molecule has 0 aliphatic carbocycles. The van der Waals surface area contributed by atoms with Gasteiger partial charge in [0.15, 0.2) is 0 Å². The Morgan fingerprint density at radius 3 is 2.24 bits per heavy atom. The molecule has 1 aliphatic heterocycles. The molecule has 1 amide bonds. The molecule has 0 spiro atoms. The quantitative estimate of drug-likeness (QED) is 0.830. The van der Waals surface area contributed by atoms with Gasteiger partial charge in [0.1, 0.15) is 11.4 Å². The van der Waals surface area contributed by atoms with Crippen LogP contribution in [0.1, 0.15) is 26.3 Å². The van der Waals surface area contributed by atoms with Gasteiger partial charge in [0.05, 0.1) is 12.7 Å². The van der Waals surface area contributed by atoms with Gasteiger partial charge in [0, 0.05) is 26.2 Å². The van der Waals surface area contributed by atoms with Crippen LogP contribution >= 0.6 is 0 Å².